The molecule has 1 heterocycles. The molecule has 0 bridgehead atoms. The summed E-state index contributed by atoms with van der Waals surface area (Å²) < 4.78 is 13.3. The Morgan fingerprint density at radius 3 is 2.68 bits per heavy atom. The first kappa shape index (κ1) is 12.9. The molecular weight excluding hydrogens is 249 g/mol. The minimum atomic E-state index is -0.499. The Labute approximate surface area is 109 Å². The van der Waals surface area contributed by atoms with Crippen molar-refractivity contribution in [3.63, 3.8) is 0 Å². The van der Waals surface area contributed by atoms with Crippen molar-refractivity contribution >= 4 is 11.5 Å². The van der Waals surface area contributed by atoms with Crippen LogP contribution in [0.4, 0.5) is 15.9 Å². The van der Waals surface area contributed by atoms with Crippen molar-refractivity contribution in [1.82, 2.24) is 4.98 Å². The summed E-state index contributed by atoms with van der Waals surface area (Å²) in [5.41, 5.74) is 1.63. The van der Waals surface area contributed by atoms with E-state index in [2.05, 4.69) is 10.3 Å². The number of aryl methyl sites for hydroxylation is 1. The maximum atomic E-state index is 13.3. The van der Waals surface area contributed by atoms with E-state index in [1.54, 1.807) is 20.0 Å². The zero-order valence-electron chi connectivity index (χ0n) is 10.5. The second kappa shape index (κ2) is 5.01. The van der Waals surface area contributed by atoms with E-state index in [1.165, 1.54) is 24.3 Å². The van der Waals surface area contributed by atoms with Crippen LogP contribution in [0.2, 0.25) is 0 Å². The van der Waals surface area contributed by atoms with Gasteiger partial charge < -0.3 is 5.32 Å². The zero-order chi connectivity index (χ0) is 14.0. The Hall–Kier alpha value is -2.50. The lowest BCUT2D eigenvalue weighted by molar-refractivity contribution is -0.384. The third-order valence-electron chi connectivity index (χ3n) is 2.75. The molecule has 0 aliphatic carbocycles. The number of pyridine rings is 1. The van der Waals surface area contributed by atoms with Crippen molar-refractivity contribution in [3.05, 3.63) is 51.8 Å². The normalized spacial score (nSPS) is 10.3. The van der Waals surface area contributed by atoms with Gasteiger partial charge in [0.25, 0.3) is 5.69 Å². The molecule has 0 spiro atoms. The van der Waals surface area contributed by atoms with E-state index in [1.807, 2.05) is 0 Å². The Kier molecular flexibility index (Phi) is 3.41. The summed E-state index contributed by atoms with van der Waals surface area (Å²) in [4.78, 5) is 14.6. The molecule has 5 nitrogen and oxygen atoms in total. The first-order chi connectivity index (χ1) is 9.01. The molecule has 19 heavy (non-hydrogen) atoms. The Balaban J connectivity index is 2.64. The summed E-state index contributed by atoms with van der Waals surface area (Å²) in [6.07, 6.45) is 0. The number of anilines is 1. The SMILES string of the molecule is CNc1cc([N+](=O)[O-])cc(-c2cc(F)ccc2C)n1. The van der Waals surface area contributed by atoms with Gasteiger partial charge in [-0.15, -0.1) is 0 Å². The van der Waals surface area contributed by atoms with E-state index in [0.717, 1.165) is 5.56 Å². The fourth-order valence-electron chi connectivity index (χ4n) is 1.76. The average Bonchev–Trinajstić information content (AvgIpc) is 2.40. The molecule has 0 radical (unpaired) electrons. The van der Waals surface area contributed by atoms with E-state index >= 15 is 0 Å². The molecule has 0 saturated heterocycles. The van der Waals surface area contributed by atoms with E-state index in [4.69, 9.17) is 0 Å². The third kappa shape index (κ3) is 2.67. The topological polar surface area (TPSA) is 68.1 Å². The predicted octanol–water partition coefficient (Wildman–Crippen LogP) is 3.15. The number of halogens is 1. The van der Waals surface area contributed by atoms with Crippen LogP contribution in [0.25, 0.3) is 11.3 Å². The van der Waals surface area contributed by atoms with Crippen LogP contribution in [-0.4, -0.2) is 17.0 Å². The van der Waals surface area contributed by atoms with E-state index < -0.39 is 10.7 Å². The van der Waals surface area contributed by atoms with E-state index in [9.17, 15) is 14.5 Å². The number of benzene rings is 1. The van der Waals surface area contributed by atoms with Gasteiger partial charge in [0.2, 0.25) is 0 Å². The second-order valence-corrected chi connectivity index (χ2v) is 4.06. The van der Waals surface area contributed by atoms with Crippen LogP contribution in [0.5, 0.6) is 0 Å². The molecule has 0 fully saturated rings. The molecule has 98 valence electrons. The Bertz CT molecular complexity index is 644. The Morgan fingerprint density at radius 1 is 1.32 bits per heavy atom. The number of hydrogen-bond acceptors (Lipinski definition) is 4. The standard InChI is InChI=1S/C13H12FN3O2/c1-8-3-4-9(14)5-11(8)12-6-10(17(18)19)7-13(15-2)16-12/h3-7H,1-2H3,(H,15,16). The number of nitrogens with one attached hydrogen (secondary N) is 1. The average molecular weight is 261 g/mol. The minimum Gasteiger partial charge on any atom is -0.373 e. The van der Waals surface area contributed by atoms with Crippen molar-refractivity contribution in [3.8, 4) is 11.3 Å². The lowest BCUT2D eigenvalue weighted by atomic mass is 10.0. The van der Waals surface area contributed by atoms with Gasteiger partial charge in [-0.1, -0.05) is 6.07 Å². The highest BCUT2D eigenvalue weighted by molar-refractivity contribution is 5.68. The molecule has 1 aromatic carbocycles. The third-order valence-corrected chi connectivity index (χ3v) is 2.75. The van der Waals surface area contributed by atoms with Gasteiger partial charge in [-0.2, -0.15) is 0 Å². The maximum absolute atomic E-state index is 13.3. The fraction of sp³-hybridized carbons (Fsp3) is 0.154. The second-order valence-electron chi connectivity index (χ2n) is 4.06. The first-order valence-corrected chi connectivity index (χ1v) is 5.62. The van der Waals surface area contributed by atoms with Crippen LogP contribution in [0, 0.1) is 22.9 Å². The van der Waals surface area contributed by atoms with E-state index in [0.29, 0.717) is 17.1 Å². The van der Waals surface area contributed by atoms with Crippen molar-refractivity contribution in [1.29, 1.82) is 0 Å². The highest BCUT2D eigenvalue weighted by Gasteiger charge is 2.13. The van der Waals surface area contributed by atoms with Gasteiger partial charge in [-0.3, -0.25) is 10.1 Å². The maximum Gasteiger partial charge on any atom is 0.275 e. The fourth-order valence-corrected chi connectivity index (χ4v) is 1.76. The monoisotopic (exact) mass is 261 g/mol. The molecule has 0 saturated carbocycles. The summed E-state index contributed by atoms with van der Waals surface area (Å²) >= 11 is 0. The summed E-state index contributed by atoms with van der Waals surface area (Å²) in [5.74, 6) is -0.0345. The minimum absolute atomic E-state index is 0.0852. The van der Waals surface area contributed by atoms with E-state index in [-0.39, 0.29) is 5.69 Å². The molecule has 0 amide bonds. The summed E-state index contributed by atoms with van der Waals surface area (Å²) in [6.45, 7) is 1.80. The van der Waals surface area contributed by atoms with Gasteiger partial charge in [0.1, 0.15) is 11.6 Å². The first-order valence-electron chi connectivity index (χ1n) is 5.62. The van der Waals surface area contributed by atoms with Gasteiger partial charge in [0, 0.05) is 18.7 Å². The highest BCUT2D eigenvalue weighted by atomic mass is 19.1. The summed E-state index contributed by atoms with van der Waals surface area (Å²) in [6, 6.07) is 6.95. The molecule has 1 aromatic heterocycles. The van der Waals surface area contributed by atoms with Crippen molar-refractivity contribution < 1.29 is 9.31 Å². The summed E-state index contributed by atoms with van der Waals surface area (Å²) in [5, 5.41) is 13.6. The van der Waals surface area contributed by atoms with Gasteiger partial charge in [0.15, 0.2) is 0 Å². The van der Waals surface area contributed by atoms with Crippen LogP contribution in [0.3, 0.4) is 0 Å². The van der Waals surface area contributed by atoms with Crippen LogP contribution < -0.4 is 5.32 Å². The van der Waals surface area contributed by atoms with Crippen molar-refractivity contribution in [2.24, 2.45) is 0 Å². The lowest BCUT2D eigenvalue weighted by Crippen LogP contribution is -1.98. The predicted molar refractivity (Wildman–Crippen MR) is 70.6 cm³/mol. The number of aromatic nitrogens is 1. The Morgan fingerprint density at radius 2 is 2.05 bits per heavy atom. The van der Waals surface area contributed by atoms with Crippen LogP contribution >= 0.6 is 0 Å². The number of rotatable bonds is 3. The molecular formula is C13H12FN3O2. The molecule has 0 atom stereocenters. The zero-order valence-corrected chi connectivity index (χ0v) is 10.5. The van der Waals surface area contributed by atoms with Gasteiger partial charge in [0.05, 0.1) is 16.7 Å². The number of nitro groups is 1. The smallest absolute Gasteiger partial charge is 0.275 e. The van der Waals surface area contributed by atoms with Gasteiger partial charge in [-0.25, -0.2) is 9.37 Å². The quantitative estimate of drug-likeness (QED) is 0.680. The lowest BCUT2D eigenvalue weighted by Gasteiger charge is -2.07. The summed E-state index contributed by atoms with van der Waals surface area (Å²) in [7, 11) is 1.62. The largest absolute Gasteiger partial charge is 0.373 e. The van der Waals surface area contributed by atoms with Crippen LogP contribution in [0.15, 0.2) is 30.3 Å². The molecule has 0 aliphatic rings. The molecule has 1 N–H and O–H groups in total. The highest BCUT2D eigenvalue weighted by Crippen LogP contribution is 2.27. The molecule has 6 heteroatoms. The molecule has 0 unspecified atom stereocenters. The van der Waals surface area contributed by atoms with Crippen LogP contribution in [-0.2, 0) is 0 Å². The number of nitrogens with zero attached hydrogens (tertiary/aromatic N) is 2. The molecule has 2 rings (SSSR count). The van der Waals surface area contributed by atoms with Crippen molar-refractivity contribution in [2.75, 3.05) is 12.4 Å². The van der Waals surface area contributed by atoms with Gasteiger partial charge in [-0.05, 0) is 24.6 Å². The molecule has 2 aromatic rings. The van der Waals surface area contributed by atoms with Crippen LogP contribution in [0.1, 0.15) is 5.56 Å². The molecule has 0 aliphatic heterocycles. The van der Waals surface area contributed by atoms with Gasteiger partial charge >= 0.3 is 0 Å². The number of hydrogen-bond donors (Lipinski definition) is 1. The van der Waals surface area contributed by atoms with Crippen molar-refractivity contribution in [2.45, 2.75) is 6.92 Å².